The Hall–Kier alpha value is -4.53. The molecule has 51 heavy (non-hydrogen) atoms. The van der Waals surface area contributed by atoms with Crippen LogP contribution in [0.5, 0.6) is 11.5 Å². The quantitative estimate of drug-likeness (QED) is 0.248. The predicted octanol–water partition coefficient (Wildman–Crippen LogP) is 3.24. The summed E-state index contributed by atoms with van der Waals surface area (Å²) in [6.07, 6.45) is 4.76. The molecule has 1 aromatic heterocycles. The number of benzene rings is 2. The third-order valence-corrected chi connectivity index (χ3v) is 9.56. The number of hydrogen-bond acceptors (Lipinski definition) is 10. The van der Waals surface area contributed by atoms with Crippen LogP contribution < -0.4 is 25.5 Å². The molecule has 0 radical (unpaired) electrons. The van der Waals surface area contributed by atoms with Gasteiger partial charge in [-0.05, 0) is 61.9 Å². The second-order valence-electron chi connectivity index (χ2n) is 12.6. The highest BCUT2D eigenvalue weighted by Crippen LogP contribution is 2.32. The van der Waals surface area contributed by atoms with Gasteiger partial charge in [-0.15, -0.1) is 0 Å². The standard InChI is InChI=1S/C37H39ClFN5O7/c1-23-42(2)22-27(37(46)44(23)25-6-4-24(39)5-7-25)36(45)41-29-9-8-26(20-28(29)38)51-31-10-11-40-30-21-32(34-35(33(30)31)50-19-18-49-34)48-15-3-12-43-13-16-47-17-14-43/h4-11,20-23,32,34H,3,12-19H2,1-2H3,(H,41,45). The van der Waals surface area contributed by atoms with Gasteiger partial charge in [0, 0.05) is 57.4 Å². The maximum atomic E-state index is 13.6. The molecule has 3 aromatic rings. The molecule has 14 heteroatoms. The molecule has 4 heterocycles. The van der Waals surface area contributed by atoms with Gasteiger partial charge in [0.25, 0.3) is 11.8 Å². The van der Waals surface area contributed by atoms with Crippen LogP contribution in [0.3, 0.4) is 0 Å². The lowest BCUT2D eigenvalue weighted by atomic mass is 10.0. The van der Waals surface area contributed by atoms with Crippen molar-refractivity contribution in [2.45, 2.75) is 31.7 Å². The Bertz CT molecular complexity index is 1940. The summed E-state index contributed by atoms with van der Waals surface area (Å²) in [5.41, 5.74) is 0.651. The van der Waals surface area contributed by atoms with Crippen molar-refractivity contribution in [2.24, 2.45) is 0 Å². The number of hydrogen-bond donors (Lipinski definition) is 1. The minimum Gasteiger partial charge on any atom is -0.492 e. The van der Waals surface area contributed by atoms with E-state index < -0.39 is 29.9 Å². The molecule has 2 saturated heterocycles. The third-order valence-electron chi connectivity index (χ3n) is 9.25. The normalized spacial score (nSPS) is 22.0. The van der Waals surface area contributed by atoms with E-state index in [1.165, 1.54) is 35.4 Å². The number of nitrogens with one attached hydrogen (secondary N) is 1. The van der Waals surface area contributed by atoms with Crippen LogP contribution in [0.2, 0.25) is 5.02 Å². The van der Waals surface area contributed by atoms with Crippen molar-refractivity contribution in [3.63, 3.8) is 0 Å². The number of aromatic nitrogens is 1. The Kier molecular flexibility index (Phi) is 10.5. The molecule has 7 rings (SSSR count). The third kappa shape index (κ3) is 7.58. The number of ether oxygens (including phenoxy) is 5. The van der Waals surface area contributed by atoms with Gasteiger partial charge >= 0.3 is 0 Å². The largest absolute Gasteiger partial charge is 0.492 e. The molecule has 1 aliphatic carbocycles. The number of morpholine rings is 1. The summed E-state index contributed by atoms with van der Waals surface area (Å²) < 4.78 is 43.9. The summed E-state index contributed by atoms with van der Waals surface area (Å²) in [7, 11) is 1.75. The van der Waals surface area contributed by atoms with Gasteiger partial charge in [-0.1, -0.05) is 11.6 Å². The SMILES string of the molecule is CC1N(C)C=C(C(=O)Nc2ccc(Oc3ccnc4c3=C3OCCOC3C(OCCCN3CCOCC3)C=4)cc2Cl)C(=O)N1c1ccc(F)cc1. The van der Waals surface area contributed by atoms with Crippen LogP contribution in [0.15, 0.2) is 66.5 Å². The average Bonchev–Trinajstić information content (AvgIpc) is 3.14. The minimum atomic E-state index is -0.644. The summed E-state index contributed by atoms with van der Waals surface area (Å²) in [6, 6.07) is 12.1. The number of pyridine rings is 1. The number of rotatable bonds is 10. The summed E-state index contributed by atoms with van der Waals surface area (Å²) in [4.78, 5) is 37.0. The molecule has 12 nitrogen and oxygen atoms in total. The minimum absolute atomic E-state index is 0.100. The molecule has 0 spiro atoms. The van der Waals surface area contributed by atoms with Crippen LogP contribution in [0.4, 0.5) is 15.8 Å². The van der Waals surface area contributed by atoms with Crippen molar-refractivity contribution in [3.05, 3.63) is 87.9 Å². The number of nitrogens with zero attached hydrogens (tertiary/aromatic N) is 4. The van der Waals surface area contributed by atoms with E-state index >= 15 is 0 Å². The number of carbonyl (C=O) groups excluding carboxylic acids is 2. The number of fused-ring (bicyclic) bond motifs is 2. The molecule has 2 fully saturated rings. The van der Waals surface area contributed by atoms with Gasteiger partial charge in [-0.25, -0.2) is 4.39 Å². The second-order valence-corrected chi connectivity index (χ2v) is 13.0. The van der Waals surface area contributed by atoms with Crippen molar-refractivity contribution in [2.75, 3.05) is 69.9 Å². The number of anilines is 2. The van der Waals surface area contributed by atoms with E-state index in [9.17, 15) is 14.0 Å². The molecule has 3 atom stereocenters. The lowest BCUT2D eigenvalue weighted by molar-refractivity contribution is -0.121. The zero-order valence-electron chi connectivity index (χ0n) is 28.3. The highest BCUT2D eigenvalue weighted by molar-refractivity contribution is 6.35. The van der Waals surface area contributed by atoms with Crippen molar-refractivity contribution in [1.82, 2.24) is 14.8 Å². The van der Waals surface area contributed by atoms with Crippen molar-refractivity contribution in [1.29, 1.82) is 0 Å². The maximum Gasteiger partial charge on any atom is 0.267 e. The fraction of sp³-hybridized carbons (Fsp3) is 0.378. The first-order valence-electron chi connectivity index (χ1n) is 17.0. The highest BCUT2D eigenvalue weighted by atomic mass is 35.5. The Morgan fingerprint density at radius 2 is 1.90 bits per heavy atom. The van der Waals surface area contributed by atoms with E-state index in [0.29, 0.717) is 53.3 Å². The van der Waals surface area contributed by atoms with Gasteiger partial charge in [0.15, 0.2) is 0 Å². The number of amides is 2. The summed E-state index contributed by atoms with van der Waals surface area (Å²) >= 11 is 6.64. The van der Waals surface area contributed by atoms with Gasteiger partial charge in [0.2, 0.25) is 0 Å². The number of carbonyl (C=O) groups is 2. The van der Waals surface area contributed by atoms with Gasteiger partial charge in [0.1, 0.15) is 53.6 Å². The van der Waals surface area contributed by atoms with Crippen LogP contribution in [0, 0.1) is 5.82 Å². The molecule has 3 aliphatic heterocycles. The molecular formula is C37H39ClFN5O7. The molecule has 268 valence electrons. The first-order chi connectivity index (χ1) is 24.8. The Morgan fingerprint density at radius 3 is 2.69 bits per heavy atom. The summed E-state index contributed by atoms with van der Waals surface area (Å²) in [5.74, 6) is -0.0810. The monoisotopic (exact) mass is 719 g/mol. The zero-order chi connectivity index (χ0) is 35.5. The smallest absolute Gasteiger partial charge is 0.267 e. The Labute approximate surface area is 299 Å². The van der Waals surface area contributed by atoms with Crippen LogP contribution >= 0.6 is 11.6 Å². The van der Waals surface area contributed by atoms with Crippen LogP contribution in [0.1, 0.15) is 13.3 Å². The van der Waals surface area contributed by atoms with Gasteiger partial charge in [0.05, 0.1) is 41.1 Å². The first-order valence-corrected chi connectivity index (χ1v) is 17.3. The topological polar surface area (TPSA) is 115 Å². The predicted molar refractivity (Wildman–Crippen MR) is 188 cm³/mol. The van der Waals surface area contributed by atoms with Crippen LogP contribution in [-0.2, 0) is 28.5 Å². The molecule has 2 aromatic carbocycles. The second kappa shape index (κ2) is 15.4. The summed E-state index contributed by atoms with van der Waals surface area (Å²) in [5, 5.41) is 4.28. The Morgan fingerprint density at radius 1 is 1.10 bits per heavy atom. The van der Waals surface area contributed by atoms with Crippen LogP contribution in [0.25, 0.3) is 11.8 Å². The zero-order valence-corrected chi connectivity index (χ0v) is 29.1. The lowest BCUT2D eigenvalue weighted by Crippen LogP contribution is -2.52. The average molecular weight is 720 g/mol. The molecule has 1 N–H and O–H groups in total. The fourth-order valence-electron chi connectivity index (χ4n) is 6.49. The Balaban J connectivity index is 1.06. The molecule has 0 saturated carbocycles. The molecular weight excluding hydrogens is 681 g/mol. The van der Waals surface area contributed by atoms with Crippen molar-refractivity contribution >= 4 is 46.6 Å². The summed E-state index contributed by atoms with van der Waals surface area (Å²) in [6.45, 7) is 7.54. The molecule has 4 aliphatic rings. The van der Waals surface area contributed by atoms with Crippen LogP contribution in [-0.4, -0.2) is 105 Å². The molecule has 3 unspecified atom stereocenters. The fourth-order valence-corrected chi connectivity index (χ4v) is 6.71. The van der Waals surface area contributed by atoms with E-state index in [2.05, 4.69) is 15.2 Å². The highest BCUT2D eigenvalue weighted by Gasteiger charge is 2.36. The van der Waals surface area contributed by atoms with E-state index in [-0.39, 0.29) is 22.4 Å². The van der Waals surface area contributed by atoms with Gasteiger partial charge in [-0.2, -0.15) is 0 Å². The van der Waals surface area contributed by atoms with E-state index in [0.717, 1.165) is 39.3 Å². The van der Waals surface area contributed by atoms with E-state index in [1.54, 1.807) is 42.4 Å². The molecule has 0 bridgehead atoms. The van der Waals surface area contributed by atoms with E-state index in [1.807, 2.05) is 13.0 Å². The van der Waals surface area contributed by atoms with Crippen molar-refractivity contribution in [3.8, 4) is 11.5 Å². The first kappa shape index (κ1) is 34.9. The molecule has 2 amide bonds. The van der Waals surface area contributed by atoms with E-state index in [4.69, 9.17) is 35.3 Å². The van der Waals surface area contributed by atoms with Gasteiger partial charge in [-0.3, -0.25) is 24.4 Å². The maximum absolute atomic E-state index is 13.6. The van der Waals surface area contributed by atoms with Crippen molar-refractivity contribution < 1.29 is 37.7 Å². The lowest BCUT2D eigenvalue weighted by Gasteiger charge is -2.39. The number of halogens is 2. The van der Waals surface area contributed by atoms with Gasteiger partial charge < -0.3 is 33.9 Å².